The highest BCUT2D eigenvalue weighted by Crippen LogP contribution is 2.36. The summed E-state index contributed by atoms with van der Waals surface area (Å²) in [6.45, 7) is 3.72. The third-order valence-corrected chi connectivity index (χ3v) is 6.74. The van der Waals surface area contributed by atoms with Crippen LogP contribution in [0.15, 0.2) is 48.5 Å². The number of urea groups is 1. The maximum Gasteiger partial charge on any atom is 0.319 e. The quantitative estimate of drug-likeness (QED) is 0.449. The number of piperidine rings is 1. The summed E-state index contributed by atoms with van der Waals surface area (Å²) in [4.78, 5) is 14.9. The van der Waals surface area contributed by atoms with Crippen LogP contribution in [0.2, 0.25) is 0 Å². The van der Waals surface area contributed by atoms with Crippen molar-refractivity contribution in [1.82, 2.24) is 30.4 Å². The van der Waals surface area contributed by atoms with Gasteiger partial charge in [0.05, 0.1) is 6.04 Å². The molecule has 184 valence electrons. The largest absolute Gasteiger partial charge is 0.338 e. The molecule has 2 aliphatic rings. The fourth-order valence-corrected chi connectivity index (χ4v) is 4.84. The molecule has 2 fully saturated rings. The predicted octanol–water partition coefficient (Wildman–Crippen LogP) is 4.28. The van der Waals surface area contributed by atoms with Crippen LogP contribution in [-0.4, -0.2) is 57.3 Å². The number of nitrogens with one attached hydrogen (secondary N) is 2. The van der Waals surface area contributed by atoms with Crippen LogP contribution in [0.1, 0.15) is 43.7 Å². The van der Waals surface area contributed by atoms with Gasteiger partial charge in [-0.05, 0) is 97.8 Å². The number of rotatable bonds is 9. The molecule has 0 bridgehead atoms. The van der Waals surface area contributed by atoms with Crippen molar-refractivity contribution in [3.63, 3.8) is 0 Å². The van der Waals surface area contributed by atoms with E-state index in [1.54, 1.807) is 12.1 Å². The zero-order valence-corrected chi connectivity index (χ0v) is 19.9. The summed E-state index contributed by atoms with van der Waals surface area (Å²) >= 11 is 0. The summed E-state index contributed by atoms with van der Waals surface area (Å²) in [5, 5.41) is 18.0. The molecular weight excluding hydrogens is 445 g/mol. The van der Waals surface area contributed by atoms with E-state index in [0.717, 1.165) is 56.7 Å². The van der Waals surface area contributed by atoms with Crippen LogP contribution in [0, 0.1) is 11.7 Å². The van der Waals surface area contributed by atoms with Crippen LogP contribution < -0.4 is 10.6 Å². The standard InChI is InChI=1S/C26H32FN7O/c27-22-9-7-19(8-10-22)16-20-4-2-14-33(18-20)15-3-13-28-26(35)29-23-6-1-5-21(17-23)25-30-31-32-34(25)24-11-12-24/h1,5-10,17,20,24H,2-4,11-16,18H2,(H2,28,29,35). The molecule has 9 heteroatoms. The lowest BCUT2D eigenvalue weighted by Crippen LogP contribution is -2.38. The highest BCUT2D eigenvalue weighted by atomic mass is 19.1. The molecular formula is C26H32FN7O. The number of nitrogens with zero attached hydrogens (tertiary/aromatic N) is 5. The number of likely N-dealkylation sites (tertiary alicyclic amines) is 1. The molecule has 3 aromatic rings. The van der Waals surface area contributed by atoms with E-state index in [1.807, 2.05) is 41.1 Å². The normalized spacial score (nSPS) is 18.4. The molecule has 1 unspecified atom stereocenters. The second-order valence-corrected chi connectivity index (χ2v) is 9.63. The molecule has 2 aromatic carbocycles. The molecule has 35 heavy (non-hydrogen) atoms. The van der Waals surface area contributed by atoms with E-state index < -0.39 is 0 Å². The molecule has 1 saturated carbocycles. The van der Waals surface area contributed by atoms with Gasteiger partial charge in [0.15, 0.2) is 5.82 Å². The fourth-order valence-electron chi connectivity index (χ4n) is 4.84. The lowest BCUT2D eigenvalue weighted by Gasteiger charge is -2.32. The zero-order valence-electron chi connectivity index (χ0n) is 19.9. The van der Waals surface area contributed by atoms with Crippen molar-refractivity contribution in [1.29, 1.82) is 0 Å². The van der Waals surface area contributed by atoms with Crippen LogP contribution in [0.3, 0.4) is 0 Å². The molecule has 8 nitrogen and oxygen atoms in total. The van der Waals surface area contributed by atoms with E-state index in [9.17, 15) is 9.18 Å². The summed E-state index contributed by atoms with van der Waals surface area (Å²) in [6.07, 6.45) is 6.48. The smallest absolute Gasteiger partial charge is 0.319 e. The number of amides is 2. The van der Waals surface area contributed by atoms with Gasteiger partial charge < -0.3 is 15.5 Å². The molecule has 1 saturated heterocycles. The summed E-state index contributed by atoms with van der Waals surface area (Å²) in [5.41, 5.74) is 2.80. The van der Waals surface area contributed by atoms with Gasteiger partial charge in [0.25, 0.3) is 0 Å². The Balaban J connectivity index is 1.04. The first-order chi connectivity index (χ1) is 17.1. The minimum atomic E-state index is -0.211. The summed E-state index contributed by atoms with van der Waals surface area (Å²) in [7, 11) is 0. The van der Waals surface area contributed by atoms with E-state index in [0.29, 0.717) is 24.2 Å². The number of tetrazole rings is 1. The van der Waals surface area contributed by atoms with Crippen LogP contribution in [0.25, 0.3) is 11.4 Å². The third kappa shape index (κ3) is 6.42. The van der Waals surface area contributed by atoms with E-state index in [1.165, 1.54) is 18.4 Å². The van der Waals surface area contributed by atoms with Crippen LogP contribution in [-0.2, 0) is 6.42 Å². The molecule has 1 aliphatic carbocycles. The maximum absolute atomic E-state index is 13.1. The second-order valence-electron chi connectivity index (χ2n) is 9.63. The van der Waals surface area contributed by atoms with Crippen molar-refractivity contribution < 1.29 is 9.18 Å². The first-order valence-electron chi connectivity index (χ1n) is 12.5. The Morgan fingerprint density at radius 2 is 1.97 bits per heavy atom. The van der Waals surface area contributed by atoms with Gasteiger partial charge in [0, 0.05) is 24.3 Å². The van der Waals surface area contributed by atoms with Gasteiger partial charge in [0.2, 0.25) is 0 Å². The van der Waals surface area contributed by atoms with Crippen molar-refractivity contribution in [2.45, 2.75) is 44.6 Å². The Hall–Kier alpha value is -3.33. The highest BCUT2D eigenvalue weighted by molar-refractivity contribution is 5.89. The van der Waals surface area contributed by atoms with Gasteiger partial charge in [-0.2, -0.15) is 0 Å². The average molecular weight is 478 g/mol. The first kappa shape index (κ1) is 23.4. The van der Waals surface area contributed by atoms with Crippen LogP contribution >= 0.6 is 0 Å². The SMILES string of the molecule is O=C(NCCCN1CCCC(Cc2ccc(F)cc2)C1)Nc1cccc(-c2nnnn2C2CC2)c1. The number of halogens is 1. The summed E-state index contributed by atoms with van der Waals surface area (Å²) in [6, 6.07) is 14.7. The number of benzene rings is 2. The third-order valence-electron chi connectivity index (χ3n) is 6.74. The molecule has 2 amide bonds. The topological polar surface area (TPSA) is 88.0 Å². The van der Waals surface area contributed by atoms with Crippen molar-refractivity contribution in [3.05, 3.63) is 59.9 Å². The molecule has 1 aromatic heterocycles. The van der Waals surface area contributed by atoms with Crippen molar-refractivity contribution in [3.8, 4) is 11.4 Å². The number of hydrogen-bond donors (Lipinski definition) is 2. The fraction of sp³-hybridized carbons (Fsp3) is 0.462. The maximum atomic E-state index is 13.1. The van der Waals surface area contributed by atoms with Crippen molar-refractivity contribution in [2.24, 2.45) is 5.92 Å². The van der Waals surface area contributed by atoms with Crippen LogP contribution in [0.5, 0.6) is 0 Å². The molecule has 1 atom stereocenters. The highest BCUT2D eigenvalue weighted by Gasteiger charge is 2.28. The van der Waals surface area contributed by atoms with Gasteiger partial charge >= 0.3 is 6.03 Å². The number of anilines is 1. The molecule has 0 radical (unpaired) electrons. The summed E-state index contributed by atoms with van der Waals surface area (Å²) < 4.78 is 15.0. The molecule has 0 spiro atoms. The van der Waals surface area contributed by atoms with Crippen LogP contribution in [0.4, 0.5) is 14.9 Å². The number of hydrogen-bond acceptors (Lipinski definition) is 5. The Morgan fingerprint density at radius 1 is 1.11 bits per heavy atom. The lowest BCUT2D eigenvalue weighted by atomic mass is 9.91. The molecule has 5 rings (SSSR count). The first-order valence-corrected chi connectivity index (χ1v) is 12.5. The number of aromatic nitrogens is 4. The second kappa shape index (κ2) is 10.9. The van der Waals surface area contributed by atoms with Gasteiger partial charge in [-0.25, -0.2) is 13.9 Å². The van der Waals surface area contributed by atoms with E-state index in [-0.39, 0.29) is 11.8 Å². The Morgan fingerprint density at radius 3 is 2.80 bits per heavy atom. The Bertz CT molecular complexity index is 1130. The minimum Gasteiger partial charge on any atom is -0.338 e. The van der Waals surface area contributed by atoms with Gasteiger partial charge in [-0.1, -0.05) is 24.3 Å². The minimum absolute atomic E-state index is 0.182. The monoisotopic (exact) mass is 477 g/mol. The molecule has 1 aliphatic heterocycles. The van der Waals surface area contributed by atoms with E-state index in [2.05, 4.69) is 31.1 Å². The van der Waals surface area contributed by atoms with E-state index in [4.69, 9.17) is 0 Å². The number of carbonyl (C=O) groups is 1. The van der Waals surface area contributed by atoms with Gasteiger partial charge in [0.1, 0.15) is 5.82 Å². The Labute approximate surface area is 204 Å². The molecule has 2 N–H and O–H groups in total. The van der Waals surface area contributed by atoms with Gasteiger partial charge in [-0.3, -0.25) is 0 Å². The lowest BCUT2D eigenvalue weighted by molar-refractivity contribution is 0.172. The zero-order chi connectivity index (χ0) is 24.0. The van der Waals surface area contributed by atoms with Crippen molar-refractivity contribution in [2.75, 3.05) is 31.5 Å². The van der Waals surface area contributed by atoms with Gasteiger partial charge in [-0.15, -0.1) is 5.10 Å². The van der Waals surface area contributed by atoms with Crippen molar-refractivity contribution >= 4 is 11.7 Å². The number of carbonyl (C=O) groups excluding carboxylic acids is 1. The Kier molecular flexibility index (Phi) is 7.32. The molecule has 2 heterocycles. The van der Waals surface area contributed by atoms with E-state index >= 15 is 0 Å². The average Bonchev–Trinajstić information content (AvgIpc) is 3.59. The summed E-state index contributed by atoms with van der Waals surface area (Å²) in [5.74, 6) is 1.15. The predicted molar refractivity (Wildman–Crippen MR) is 132 cm³/mol.